The first kappa shape index (κ1) is 20.0. The molecule has 0 unspecified atom stereocenters. The molecule has 4 rings (SSSR count). The number of hydrogen-bond donors (Lipinski definition) is 0. The number of methoxy groups -OCH3 is 2. The molecule has 0 N–H and O–H groups in total. The molecule has 154 valence electrons. The molecule has 1 amide bonds. The summed E-state index contributed by atoms with van der Waals surface area (Å²) in [7, 11) is 3.11. The summed E-state index contributed by atoms with van der Waals surface area (Å²) in [5, 5.41) is 0.620. The second-order valence-corrected chi connectivity index (χ2v) is 7.70. The van der Waals surface area contributed by atoms with Crippen LogP contribution in [-0.4, -0.2) is 25.1 Å². The van der Waals surface area contributed by atoms with Crippen LogP contribution in [0, 0.1) is 0 Å². The first-order chi connectivity index (χ1) is 14.6. The first-order valence-electron chi connectivity index (χ1n) is 9.58. The smallest absolute Gasteiger partial charge is 0.260 e. The number of fused-ring (bicyclic) bond motifs is 1. The van der Waals surface area contributed by atoms with E-state index in [1.54, 1.807) is 49.6 Å². The van der Waals surface area contributed by atoms with Crippen LogP contribution in [0.5, 0.6) is 11.5 Å². The minimum atomic E-state index is -0.192. The highest BCUT2D eigenvalue weighted by Gasteiger charge is 2.24. The fraction of sp³-hybridized carbons (Fsp3) is 0.217. The monoisotopic (exact) mass is 422 g/mol. The Bertz CT molecular complexity index is 1170. The number of thiazole rings is 1. The minimum absolute atomic E-state index is 0.192. The lowest BCUT2D eigenvalue weighted by atomic mass is 10.1. The molecule has 0 bridgehead atoms. The van der Waals surface area contributed by atoms with Gasteiger partial charge in [0.15, 0.2) is 16.6 Å². The van der Waals surface area contributed by atoms with Crippen molar-refractivity contribution in [1.82, 2.24) is 4.98 Å². The lowest BCUT2D eigenvalue weighted by molar-refractivity contribution is 0.0983. The van der Waals surface area contributed by atoms with Gasteiger partial charge in [-0.1, -0.05) is 24.3 Å². The molecule has 2 heterocycles. The maximum atomic E-state index is 13.5. The fourth-order valence-electron chi connectivity index (χ4n) is 3.20. The molecule has 0 aliphatic rings. The van der Waals surface area contributed by atoms with E-state index in [1.807, 2.05) is 12.1 Å². The summed E-state index contributed by atoms with van der Waals surface area (Å²) in [4.78, 5) is 19.8. The van der Waals surface area contributed by atoms with Crippen molar-refractivity contribution >= 4 is 32.6 Å². The summed E-state index contributed by atoms with van der Waals surface area (Å²) in [6, 6.07) is 15.0. The third kappa shape index (κ3) is 3.89. The van der Waals surface area contributed by atoms with Crippen molar-refractivity contribution < 1.29 is 18.7 Å². The van der Waals surface area contributed by atoms with Crippen LogP contribution in [0.4, 0.5) is 5.13 Å². The van der Waals surface area contributed by atoms with Gasteiger partial charge in [0, 0.05) is 5.56 Å². The van der Waals surface area contributed by atoms with Crippen LogP contribution in [0.1, 0.15) is 28.6 Å². The van der Waals surface area contributed by atoms with Crippen LogP contribution in [-0.2, 0) is 13.0 Å². The molecule has 0 saturated carbocycles. The van der Waals surface area contributed by atoms with E-state index in [1.165, 1.54) is 16.9 Å². The number of ether oxygens (including phenoxy) is 2. The number of nitrogens with zero attached hydrogens (tertiary/aromatic N) is 2. The number of carbonyl (C=O) groups is 1. The van der Waals surface area contributed by atoms with E-state index in [9.17, 15) is 4.79 Å². The van der Waals surface area contributed by atoms with Crippen molar-refractivity contribution in [3.63, 3.8) is 0 Å². The molecule has 7 heteroatoms. The molecule has 2 aromatic carbocycles. The standard InChI is InChI=1S/C23H22N2O4S/c1-4-15-7-9-18-21(12-15)30-23(24-18)25(14-17-6-5-11-29-17)22(26)16-8-10-19(27-2)20(13-16)28-3/h5-13H,4,14H2,1-3H3. The topological polar surface area (TPSA) is 64.8 Å². The second kappa shape index (κ2) is 8.59. The van der Waals surface area contributed by atoms with Crippen molar-refractivity contribution in [2.45, 2.75) is 19.9 Å². The number of carbonyl (C=O) groups excluding carboxylic acids is 1. The van der Waals surface area contributed by atoms with E-state index in [-0.39, 0.29) is 12.5 Å². The zero-order chi connectivity index (χ0) is 21.1. The number of aromatic nitrogens is 1. The molecule has 0 saturated heterocycles. The highest BCUT2D eigenvalue weighted by Crippen LogP contribution is 2.33. The quantitative estimate of drug-likeness (QED) is 0.403. The lowest BCUT2D eigenvalue weighted by Gasteiger charge is -2.19. The first-order valence-corrected chi connectivity index (χ1v) is 10.4. The molecule has 2 aromatic heterocycles. The molecule has 30 heavy (non-hydrogen) atoms. The predicted molar refractivity (Wildman–Crippen MR) is 118 cm³/mol. The number of anilines is 1. The van der Waals surface area contributed by atoms with Crippen LogP contribution in [0.2, 0.25) is 0 Å². The molecule has 0 fully saturated rings. The van der Waals surface area contributed by atoms with Crippen molar-refractivity contribution in [1.29, 1.82) is 0 Å². The van der Waals surface area contributed by atoms with Gasteiger partial charge in [-0.2, -0.15) is 0 Å². The van der Waals surface area contributed by atoms with Crippen LogP contribution in [0.15, 0.2) is 59.2 Å². The molecule has 0 spiro atoms. The number of aryl methyl sites for hydroxylation is 1. The average Bonchev–Trinajstić information content (AvgIpc) is 3.45. The maximum absolute atomic E-state index is 13.5. The van der Waals surface area contributed by atoms with Crippen molar-refractivity contribution in [3.05, 3.63) is 71.7 Å². The third-order valence-electron chi connectivity index (χ3n) is 4.85. The van der Waals surface area contributed by atoms with E-state index in [2.05, 4.69) is 19.1 Å². The molecule has 0 aliphatic carbocycles. The van der Waals surface area contributed by atoms with E-state index in [4.69, 9.17) is 18.9 Å². The Kier molecular flexibility index (Phi) is 5.72. The van der Waals surface area contributed by atoms with Gasteiger partial charge in [0.05, 0.1) is 37.2 Å². The Labute approximate surface area is 178 Å². The van der Waals surface area contributed by atoms with Gasteiger partial charge >= 0.3 is 0 Å². The summed E-state index contributed by atoms with van der Waals surface area (Å²) in [5.74, 6) is 1.55. The third-order valence-corrected chi connectivity index (χ3v) is 5.89. The normalized spacial score (nSPS) is 10.9. The molecular weight excluding hydrogens is 400 g/mol. The summed E-state index contributed by atoms with van der Waals surface area (Å²) >= 11 is 1.49. The number of furan rings is 1. The Hall–Kier alpha value is -3.32. The maximum Gasteiger partial charge on any atom is 0.260 e. The minimum Gasteiger partial charge on any atom is -0.493 e. The largest absolute Gasteiger partial charge is 0.493 e. The Morgan fingerprint density at radius 1 is 1.10 bits per heavy atom. The SMILES string of the molecule is CCc1ccc2nc(N(Cc3ccco3)C(=O)c3ccc(OC)c(OC)c3)sc2c1. The summed E-state index contributed by atoms with van der Waals surface area (Å²) < 4.78 is 17.2. The molecule has 4 aromatic rings. The van der Waals surface area contributed by atoms with E-state index < -0.39 is 0 Å². The van der Waals surface area contributed by atoms with E-state index >= 15 is 0 Å². The van der Waals surface area contributed by atoms with Crippen molar-refractivity contribution in [3.8, 4) is 11.5 Å². The molecular formula is C23H22N2O4S. The molecule has 0 atom stereocenters. The second-order valence-electron chi connectivity index (χ2n) is 6.69. The van der Waals surface area contributed by atoms with Gasteiger partial charge in [-0.15, -0.1) is 0 Å². The molecule has 0 aliphatic heterocycles. The molecule has 6 nitrogen and oxygen atoms in total. The van der Waals surface area contributed by atoms with Crippen LogP contribution >= 0.6 is 11.3 Å². The van der Waals surface area contributed by atoms with Gasteiger partial charge in [0.1, 0.15) is 5.76 Å². The number of hydrogen-bond acceptors (Lipinski definition) is 6. The van der Waals surface area contributed by atoms with Gasteiger partial charge in [-0.05, 0) is 54.4 Å². The zero-order valence-electron chi connectivity index (χ0n) is 17.0. The Balaban J connectivity index is 1.75. The van der Waals surface area contributed by atoms with E-state index in [0.717, 1.165) is 16.6 Å². The van der Waals surface area contributed by atoms with Gasteiger partial charge < -0.3 is 13.9 Å². The van der Waals surface area contributed by atoms with Gasteiger partial charge in [-0.3, -0.25) is 9.69 Å². The zero-order valence-corrected chi connectivity index (χ0v) is 17.9. The summed E-state index contributed by atoms with van der Waals surface area (Å²) in [5.41, 5.74) is 2.59. The van der Waals surface area contributed by atoms with Gasteiger partial charge in [0.2, 0.25) is 0 Å². The Morgan fingerprint density at radius 2 is 1.93 bits per heavy atom. The van der Waals surface area contributed by atoms with Gasteiger partial charge in [-0.25, -0.2) is 4.98 Å². The molecule has 0 radical (unpaired) electrons. The highest BCUT2D eigenvalue weighted by molar-refractivity contribution is 7.22. The van der Waals surface area contributed by atoms with Crippen LogP contribution in [0.25, 0.3) is 10.2 Å². The van der Waals surface area contributed by atoms with Crippen molar-refractivity contribution in [2.24, 2.45) is 0 Å². The number of rotatable bonds is 7. The van der Waals surface area contributed by atoms with Gasteiger partial charge in [0.25, 0.3) is 5.91 Å². The number of amides is 1. The summed E-state index contributed by atoms with van der Waals surface area (Å²) in [6.45, 7) is 2.40. The van der Waals surface area contributed by atoms with E-state index in [0.29, 0.717) is 28.0 Å². The predicted octanol–water partition coefficient (Wildman–Crippen LogP) is 5.32. The van der Waals surface area contributed by atoms with Crippen LogP contribution in [0.3, 0.4) is 0 Å². The highest BCUT2D eigenvalue weighted by atomic mass is 32.1. The average molecular weight is 423 g/mol. The fourth-order valence-corrected chi connectivity index (χ4v) is 4.23. The lowest BCUT2D eigenvalue weighted by Crippen LogP contribution is -2.30. The van der Waals surface area contributed by atoms with Crippen LogP contribution < -0.4 is 14.4 Å². The van der Waals surface area contributed by atoms with Crippen molar-refractivity contribution in [2.75, 3.05) is 19.1 Å². The summed E-state index contributed by atoms with van der Waals surface area (Å²) in [6.07, 6.45) is 2.55. The number of benzene rings is 2. The Morgan fingerprint density at radius 3 is 2.63 bits per heavy atom.